The molecule has 9 heteroatoms. The largest absolute Gasteiger partial charge is 0.474 e. The maximum absolute atomic E-state index is 12.4. The van der Waals surface area contributed by atoms with Crippen molar-refractivity contribution in [3.8, 4) is 5.88 Å². The second-order valence-electron chi connectivity index (χ2n) is 14.0. The number of hydrogen-bond acceptors (Lipinski definition) is 7. The summed E-state index contributed by atoms with van der Waals surface area (Å²) in [7, 11) is 0. The van der Waals surface area contributed by atoms with E-state index in [-0.39, 0.29) is 24.3 Å². The Hall–Kier alpha value is -4.24. The van der Waals surface area contributed by atoms with Crippen molar-refractivity contribution in [3.05, 3.63) is 88.6 Å². The Balaban J connectivity index is 0.962. The number of imide groups is 1. The summed E-state index contributed by atoms with van der Waals surface area (Å²) in [5.41, 5.74) is 7.29. The summed E-state index contributed by atoms with van der Waals surface area (Å²) in [4.78, 5) is 47.0. The first-order chi connectivity index (χ1) is 23.2. The Kier molecular flexibility index (Phi) is 10.7. The molecule has 1 aromatic heterocycles. The number of anilines is 1. The van der Waals surface area contributed by atoms with Crippen LogP contribution >= 0.6 is 0 Å². The average molecular weight is 652 g/mol. The van der Waals surface area contributed by atoms with E-state index in [4.69, 9.17) is 4.74 Å². The summed E-state index contributed by atoms with van der Waals surface area (Å²) < 4.78 is 6.19. The van der Waals surface area contributed by atoms with E-state index < -0.39 is 6.04 Å². The lowest BCUT2D eigenvalue weighted by molar-refractivity contribution is -0.141. The van der Waals surface area contributed by atoms with Crippen molar-refractivity contribution in [3.63, 3.8) is 0 Å². The Morgan fingerprint density at radius 1 is 0.958 bits per heavy atom. The van der Waals surface area contributed by atoms with Crippen LogP contribution in [0.3, 0.4) is 0 Å². The zero-order chi connectivity index (χ0) is 33.6. The molecule has 1 N–H and O–H groups in total. The van der Waals surface area contributed by atoms with Crippen LogP contribution in [0.1, 0.15) is 92.0 Å². The number of aryl methyl sites for hydroxylation is 1. The van der Waals surface area contributed by atoms with Crippen LogP contribution in [0.25, 0.3) is 0 Å². The van der Waals surface area contributed by atoms with E-state index in [1.165, 1.54) is 27.3 Å². The topological polar surface area (TPSA) is 95.1 Å². The maximum atomic E-state index is 12.4. The van der Waals surface area contributed by atoms with Gasteiger partial charge in [0.05, 0.1) is 0 Å². The second-order valence-corrected chi connectivity index (χ2v) is 14.0. The molecule has 6 rings (SSSR count). The predicted molar refractivity (Wildman–Crippen MR) is 187 cm³/mol. The van der Waals surface area contributed by atoms with Crippen molar-refractivity contribution in [2.24, 2.45) is 0 Å². The number of aromatic nitrogens is 1. The van der Waals surface area contributed by atoms with Gasteiger partial charge < -0.3 is 14.5 Å². The zero-order valence-corrected chi connectivity index (χ0v) is 28.6. The molecule has 0 radical (unpaired) electrons. The third-order valence-corrected chi connectivity index (χ3v) is 10.4. The first-order valence-corrected chi connectivity index (χ1v) is 17.6. The number of benzene rings is 2. The van der Waals surface area contributed by atoms with Crippen molar-refractivity contribution in [1.82, 2.24) is 20.1 Å². The van der Waals surface area contributed by atoms with Gasteiger partial charge in [0.25, 0.3) is 0 Å². The number of hydrogen-bond donors (Lipinski definition) is 1. The van der Waals surface area contributed by atoms with Crippen LogP contribution in [-0.2, 0) is 27.5 Å². The van der Waals surface area contributed by atoms with Crippen LogP contribution in [0.5, 0.6) is 5.88 Å². The van der Waals surface area contributed by atoms with Gasteiger partial charge in [-0.1, -0.05) is 50.2 Å². The minimum Gasteiger partial charge on any atom is -0.474 e. The molecule has 3 fully saturated rings. The molecular formula is C39H49N5O4. The number of amides is 3. The molecule has 1 unspecified atom stereocenters. The fraction of sp³-hybridized carbons (Fsp3) is 0.487. The number of pyridine rings is 1. The fourth-order valence-electron chi connectivity index (χ4n) is 7.23. The Morgan fingerprint density at radius 2 is 1.71 bits per heavy atom. The van der Waals surface area contributed by atoms with Gasteiger partial charge in [-0.2, -0.15) is 0 Å². The minimum atomic E-state index is -0.608. The number of carbonyl (C=O) groups excluding carboxylic acids is 3. The first-order valence-electron chi connectivity index (χ1n) is 17.6. The van der Waals surface area contributed by atoms with Gasteiger partial charge in [-0.05, 0) is 91.1 Å². The van der Waals surface area contributed by atoms with Crippen LogP contribution in [0, 0.1) is 6.92 Å². The van der Waals surface area contributed by atoms with E-state index in [1.807, 2.05) is 19.2 Å². The quantitative estimate of drug-likeness (QED) is 0.210. The summed E-state index contributed by atoms with van der Waals surface area (Å²) in [6.45, 7) is 11.7. The van der Waals surface area contributed by atoms with Gasteiger partial charge in [-0.25, -0.2) is 4.98 Å². The molecular weight excluding hydrogens is 602 g/mol. The Morgan fingerprint density at radius 3 is 2.35 bits per heavy atom. The molecule has 3 aliphatic rings. The van der Waals surface area contributed by atoms with Crippen LogP contribution in [0.2, 0.25) is 0 Å². The lowest BCUT2D eigenvalue weighted by atomic mass is 9.87. The smallest absolute Gasteiger partial charge is 0.249 e. The van der Waals surface area contributed by atoms with Crippen molar-refractivity contribution < 1.29 is 19.1 Å². The summed E-state index contributed by atoms with van der Waals surface area (Å²) in [6, 6.07) is 19.1. The van der Waals surface area contributed by atoms with Crippen molar-refractivity contribution >= 4 is 23.9 Å². The van der Waals surface area contributed by atoms with E-state index in [9.17, 15) is 14.4 Å². The van der Waals surface area contributed by atoms with Gasteiger partial charge in [0.15, 0.2) is 0 Å². The lowest BCUT2D eigenvalue weighted by Gasteiger charge is -2.34. The number of rotatable bonds is 11. The molecule has 48 heavy (non-hydrogen) atoms. The number of nitrogens with zero attached hydrogens (tertiary/aromatic N) is 4. The van der Waals surface area contributed by atoms with Crippen molar-refractivity contribution in [1.29, 1.82) is 0 Å². The van der Waals surface area contributed by atoms with Gasteiger partial charge >= 0.3 is 0 Å². The monoisotopic (exact) mass is 651 g/mol. The molecule has 3 aliphatic heterocycles. The highest BCUT2D eigenvalue weighted by molar-refractivity contribution is 6.00. The summed E-state index contributed by atoms with van der Waals surface area (Å²) in [5.74, 6) is 0.996. The standard InChI is InChI=1S/C39H49N5O4/c1-27(2)32-8-13-38(40-23-32)48-35-16-20-43(21-17-35)34-9-5-29(6-10-34)24-42-18-14-30(15-19-42)31-7-4-28(3)33(22-31)25-44(26-45)36-11-12-37(46)41-39(36)47/h4-10,13,22-23,26-27,30,35-36H,11-12,14-21,24-25H2,1-3H3,(H,41,46,47). The molecule has 9 nitrogen and oxygen atoms in total. The summed E-state index contributed by atoms with van der Waals surface area (Å²) >= 11 is 0. The Labute approximate surface area is 284 Å². The average Bonchev–Trinajstić information content (AvgIpc) is 3.09. The highest BCUT2D eigenvalue weighted by atomic mass is 16.5. The van der Waals surface area contributed by atoms with Crippen LogP contribution in [0.15, 0.2) is 60.8 Å². The molecule has 1 atom stereocenters. The first kappa shape index (κ1) is 33.7. The molecule has 0 aliphatic carbocycles. The predicted octanol–water partition coefficient (Wildman–Crippen LogP) is 5.70. The van der Waals surface area contributed by atoms with Crippen LogP contribution in [0.4, 0.5) is 5.69 Å². The highest BCUT2D eigenvalue weighted by Gasteiger charge is 2.31. The maximum Gasteiger partial charge on any atom is 0.249 e. The van der Waals surface area contributed by atoms with Crippen LogP contribution < -0.4 is 15.0 Å². The molecule has 3 aromatic rings. The van der Waals surface area contributed by atoms with E-state index in [0.29, 0.717) is 24.8 Å². The van der Waals surface area contributed by atoms with Crippen molar-refractivity contribution in [2.45, 2.75) is 96.4 Å². The molecule has 254 valence electrons. The molecule has 2 aromatic carbocycles. The van der Waals surface area contributed by atoms with Gasteiger partial charge in [0.1, 0.15) is 12.1 Å². The second kappa shape index (κ2) is 15.3. The number of likely N-dealkylation sites (tertiary alicyclic amines) is 1. The number of piperidine rings is 3. The number of nitrogens with one attached hydrogen (secondary N) is 1. The molecule has 4 heterocycles. The SMILES string of the molecule is Cc1ccc(C2CCN(Cc3ccc(N4CCC(Oc5ccc(C(C)C)cn5)CC4)cc3)CC2)cc1CN(C=O)C1CCC(=O)NC1=O. The van der Waals surface area contributed by atoms with E-state index >= 15 is 0 Å². The van der Waals surface area contributed by atoms with Gasteiger partial charge in [-0.15, -0.1) is 0 Å². The number of ether oxygens (including phenoxy) is 1. The minimum absolute atomic E-state index is 0.205. The fourth-order valence-corrected chi connectivity index (χ4v) is 7.23. The van der Waals surface area contributed by atoms with E-state index in [2.05, 4.69) is 82.5 Å². The van der Waals surface area contributed by atoms with Crippen molar-refractivity contribution in [2.75, 3.05) is 31.1 Å². The molecule has 0 spiro atoms. The molecule has 3 amide bonds. The summed E-state index contributed by atoms with van der Waals surface area (Å²) in [6.07, 6.45) is 7.63. The highest BCUT2D eigenvalue weighted by Crippen LogP contribution is 2.31. The van der Waals surface area contributed by atoms with E-state index in [0.717, 1.165) is 81.8 Å². The van der Waals surface area contributed by atoms with Gasteiger partial charge in [0.2, 0.25) is 24.1 Å². The zero-order valence-electron chi connectivity index (χ0n) is 28.6. The third-order valence-electron chi connectivity index (χ3n) is 10.4. The van der Waals surface area contributed by atoms with Crippen LogP contribution in [-0.4, -0.2) is 71.3 Å². The van der Waals surface area contributed by atoms with Gasteiger partial charge in [-0.3, -0.25) is 24.6 Å². The molecule has 0 saturated carbocycles. The van der Waals surface area contributed by atoms with Gasteiger partial charge in [0, 0.05) is 63.4 Å². The summed E-state index contributed by atoms with van der Waals surface area (Å²) in [5, 5.41) is 2.37. The molecule has 0 bridgehead atoms. The third kappa shape index (κ3) is 8.24. The molecule has 3 saturated heterocycles. The lowest BCUT2D eigenvalue weighted by Crippen LogP contribution is -2.51. The number of carbonyl (C=O) groups is 3. The van der Waals surface area contributed by atoms with E-state index in [1.54, 1.807) is 0 Å². The normalized spacial score (nSPS) is 19.8. The Bertz CT molecular complexity index is 1560.